The molecule has 3 aliphatic heterocycles. The fraction of sp³-hybridized carbons (Fsp3) is 0.412. The van der Waals surface area contributed by atoms with Crippen LogP contribution in [0.3, 0.4) is 0 Å². The molecule has 4 rings (SSSR count). The van der Waals surface area contributed by atoms with Gasteiger partial charge >= 0.3 is 17.9 Å². The molecule has 1 fully saturated rings. The number of carboxylic acid groups (broad SMARTS) is 1. The number of nitrogens with zero attached hydrogens (tertiary/aromatic N) is 2. The highest BCUT2D eigenvalue weighted by atomic mass is 16.6. The lowest BCUT2D eigenvalue weighted by atomic mass is 9.85. The molecule has 4 atom stereocenters. The Morgan fingerprint density at radius 1 is 1.28 bits per heavy atom. The third-order valence-electron chi connectivity index (χ3n) is 5.47. The molecule has 0 aromatic heterocycles. The van der Waals surface area contributed by atoms with E-state index in [9.17, 15) is 24.9 Å². The van der Waals surface area contributed by atoms with Gasteiger partial charge in [0.25, 0.3) is 5.79 Å². The molecule has 29 heavy (non-hydrogen) atoms. The Bertz CT molecular complexity index is 932. The molecular formula is C17H21N6O6+. The van der Waals surface area contributed by atoms with Crippen molar-refractivity contribution >= 4 is 23.9 Å². The summed E-state index contributed by atoms with van der Waals surface area (Å²) in [7, 11) is 0. The van der Waals surface area contributed by atoms with Gasteiger partial charge in [0.1, 0.15) is 18.6 Å². The number of carbonyl (C=O) groups is 2. The minimum absolute atomic E-state index is 0.0179. The van der Waals surface area contributed by atoms with Crippen molar-refractivity contribution in [3.05, 3.63) is 35.9 Å². The summed E-state index contributed by atoms with van der Waals surface area (Å²) in [5.41, 5.74) is 10.3. The lowest BCUT2D eigenvalue weighted by Crippen LogP contribution is -2.78. The lowest BCUT2D eigenvalue weighted by Gasteiger charge is -2.43. The van der Waals surface area contributed by atoms with Crippen LogP contribution in [0.5, 0.6) is 0 Å². The largest absolute Gasteiger partial charge is 0.481 e. The number of benzene rings is 1. The Morgan fingerprint density at radius 3 is 2.62 bits per heavy atom. The highest BCUT2D eigenvalue weighted by Crippen LogP contribution is 2.43. The summed E-state index contributed by atoms with van der Waals surface area (Å²) in [6.07, 6.45) is -1.82. The number of carbonyl (C=O) groups excluding carboxylic acids is 1. The molecule has 0 saturated carbocycles. The van der Waals surface area contributed by atoms with Gasteiger partial charge in [-0.1, -0.05) is 18.2 Å². The van der Waals surface area contributed by atoms with E-state index in [1.165, 1.54) is 16.7 Å². The van der Waals surface area contributed by atoms with Gasteiger partial charge in [-0.05, 0) is 12.1 Å². The SMILES string of the molecule is NC1=N[C@H]2C(CC(=O)O)NC(N)=[N+]3C[C@H](OC(=O)c4ccccc4)C(O)(O)[C@]23N1. The number of hydrogen-bond donors (Lipinski definition) is 7. The second-order valence-electron chi connectivity index (χ2n) is 7.18. The molecule has 12 nitrogen and oxygen atoms in total. The molecule has 3 aliphatic rings. The van der Waals surface area contributed by atoms with Crippen LogP contribution in [-0.2, 0) is 9.53 Å². The lowest BCUT2D eigenvalue weighted by molar-refractivity contribution is -0.623. The first-order chi connectivity index (χ1) is 13.7. The van der Waals surface area contributed by atoms with Crippen molar-refractivity contribution in [2.45, 2.75) is 36.1 Å². The smallest absolute Gasteiger partial charge is 0.346 e. The van der Waals surface area contributed by atoms with Crippen molar-refractivity contribution in [3.8, 4) is 0 Å². The zero-order valence-corrected chi connectivity index (χ0v) is 15.1. The average molecular weight is 405 g/mol. The maximum atomic E-state index is 12.5. The van der Waals surface area contributed by atoms with Crippen LogP contribution < -0.4 is 22.1 Å². The summed E-state index contributed by atoms with van der Waals surface area (Å²) < 4.78 is 6.73. The normalized spacial score (nSPS) is 31.8. The van der Waals surface area contributed by atoms with E-state index in [0.717, 1.165) is 0 Å². The predicted molar refractivity (Wildman–Crippen MR) is 97.6 cm³/mol. The number of aliphatic imine (C=N–C) groups is 1. The van der Waals surface area contributed by atoms with E-state index in [1.807, 2.05) is 0 Å². The first-order valence-corrected chi connectivity index (χ1v) is 8.87. The summed E-state index contributed by atoms with van der Waals surface area (Å²) in [6, 6.07) is 6.18. The molecule has 9 N–H and O–H groups in total. The van der Waals surface area contributed by atoms with Crippen LogP contribution in [0, 0.1) is 0 Å². The number of guanidine groups is 2. The molecule has 1 aromatic carbocycles. The summed E-state index contributed by atoms with van der Waals surface area (Å²) in [4.78, 5) is 27.9. The second-order valence-corrected chi connectivity index (χ2v) is 7.18. The van der Waals surface area contributed by atoms with Crippen LogP contribution in [0.15, 0.2) is 35.3 Å². The maximum absolute atomic E-state index is 12.5. The molecule has 0 aliphatic carbocycles. The number of aliphatic hydroxyl groups is 2. The number of rotatable bonds is 4. The second kappa shape index (κ2) is 6.32. The van der Waals surface area contributed by atoms with Gasteiger partial charge in [-0.3, -0.25) is 15.8 Å². The average Bonchev–Trinajstić information content (AvgIpc) is 3.12. The Balaban J connectivity index is 1.71. The number of aliphatic carboxylic acids is 1. The van der Waals surface area contributed by atoms with Crippen molar-refractivity contribution in [1.29, 1.82) is 0 Å². The highest BCUT2D eigenvalue weighted by Gasteiger charge is 2.76. The summed E-state index contributed by atoms with van der Waals surface area (Å²) in [6.45, 7) is -0.184. The van der Waals surface area contributed by atoms with Crippen molar-refractivity contribution in [3.63, 3.8) is 0 Å². The number of esters is 1. The zero-order chi connectivity index (χ0) is 21.0. The fourth-order valence-corrected chi connectivity index (χ4v) is 4.22. The molecule has 0 amide bonds. The first-order valence-electron chi connectivity index (χ1n) is 8.87. The van der Waals surface area contributed by atoms with Gasteiger partial charge in [-0.15, -0.1) is 0 Å². The van der Waals surface area contributed by atoms with Crippen molar-refractivity contribution in [1.82, 2.24) is 10.6 Å². The first kappa shape index (κ1) is 19.0. The fourth-order valence-electron chi connectivity index (χ4n) is 4.22. The standard InChI is InChI=1S/C17H20N6O6/c18-14-21-12-9(6-11(24)25)20-15(19)23-7-10(17(27,28)16(12,23)22-14)29-13(26)8-4-2-1-3-5-8/h1-5,9-10,12,27-28H,6-7H2,(H6,18,19,20,21,22,24,25)/p+1/t9?,10-,12-,16-/m0/s1. The van der Waals surface area contributed by atoms with Gasteiger partial charge in [-0.2, -0.15) is 0 Å². The Labute approximate surface area is 164 Å². The van der Waals surface area contributed by atoms with Gasteiger partial charge in [0, 0.05) is 0 Å². The molecule has 1 aromatic rings. The van der Waals surface area contributed by atoms with Crippen molar-refractivity contribution in [2.24, 2.45) is 16.5 Å². The van der Waals surface area contributed by atoms with E-state index in [4.69, 9.17) is 16.2 Å². The highest BCUT2D eigenvalue weighted by molar-refractivity contribution is 5.89. The monoisotopic (exact) mass is 405 g/mol. The summed E-state index contributed by atoms with van der Waals surface area (Å²) in [5, 5.41) is 36.9. The van der Waals surface area contributed by atoms with Crippen molar-refractivity contribution < 1.29 is 34.2 Å². The minimum Gasteiger partial charge on any atom is -0.481 e. The van der Waals surface area contributed by atoms with Crippen LogP contribution in [-0.4, -0.2) is 79.9 Å². The summed E-state index contributed by atoms with van der Waals surface area (Å²) >= 11 is 0. The van der Waals surface area contributed by atoms with Crippen LogP contribution in [0.2, 0.25) is 0 Å². The van der Waals surface area contributed by atoms with Gasteiger partial charge in [-0.25, -0.2) is 14.4 Å². The van der Waals surface area contributed by atoms with E-state index in [1.54, 1.807) is 18.2 Å². The van der Waals surface area contributed by atoms with E-state index in [0.29, 0.717) is 0 Å². The molecule has 0 bridgehead atoms. The molecule has 1 unspecified atom stereocenters. The molecular weight excluding hydrogens is 384 g/mol. The third-order valence-corrected chi connectivity index (χ3v) is 5.47. The van der Waals surface area contributed by atoms with Crippen LogP contribution >= 0.6 is 0 Å². The van der Waals surface area contributed by atoms with E-state index >= 15 is 0 Å². The zero-order valence-electron chi connectivity index (χ0n) is 15.1. The quantitative estimate of drug-likeness (QED) is 0.151. The maximum Gasteiger partial charge on any atom is 0.346 e. The number of ether oxygens (including phenoxy) is 1. The Morgan fingerprint density at radius 2 is 1.97 bits per heavy atom. The predicted octanol–water partition coefficient (Wildman–Crippen LogP) is -3.34. The van der Waals surface area contributed by atoms with Gasteiger partial charge in [0.15, 0.2) is 12.1 Å². The van der Waals surface area contributed by atoms with E-state index in [-0.39, 0.29) is 24.0 Å². The number of nitrogens with one attached hydrogen (secondary N) is 2. The minimum atomic E-state index is -2.68. The van der Waals surface area contributed by atoms with Crippen molar-refractivity contribution in [2.75, 3.05) is 6.54 Å². The Kier molecular flexibility index (Phi) is 4.13. The molecule has 1 spiro atoms. The van der Waals surface area contributed by atoms with E-state index < -0.39 is 48.0 Å². The van der Waals surface area contributed by atoms with Crippen LogP contribution in [0.25, 0.3) is 0 Å². The van der Waals surface area contributed by atoms with E-state index in [2.05, 4.69) is 15.6 Å². The van der Waals surface area contributed by atoms with Gasteiger partial charge in [0.2, 0.25) is 5.66 Å². The third kappa shape index (κ3) is 2.68. The molecule has 1 saturated heterocycles. The molecule has 12 heteroatoms. The topological polar surface area (TPSA) is 196 Å². The number of nitrogens with two attached hydrogens (primary N) is 2. The molecule has 0 radical (unpaired) electrons. The number of carboxylic acids is 1. The molecule has 154 valence electrons. The Hall–Kier alpha value is -3.38. The van der Waals surface area contributed by atoms with Gasteiger partial charge < -0.3 is 31.1 Å². The molecule has 3 heterocycles. The van der Waals surface area contributed by atoms with Gasteiger partial charge in [0.05, 0.1) is 12.0 Å². The van der Waals surface area contributed by atoms with Crippen LogP contribution in [0.4, 0.5) is 0 Å². The number of hydrogen-bond acceptors (Lipinski definition) is 10. The van der Waals surface area contributed by atoms with Crippen LogP contribution in [0.1, 0.15) is 16.8 Å². The summed E-state index contributed by atoms with van der Waals surface area (Å²) in [5.74, 6) is -4.71.